The molecule has 0 amide bonds. The van der Waals surface area contributed by atoms with Gasteiger partial charge in [-0.05, 0) is 25.0 Å². The maximum atomic E-state index is 5.77. The normalized spacial score (nSPS) is 10.2. The molecule has 0 aliphatic heterocycles. The van der Waals surface area contributed by atoms with Crippen LogP contribution >= 0.6 is 34.5 Å². The Balaban J connectivity index is 3.29. The van der Waals surface area contributed by atoms with Gasteiger partial charge >= 0.3 is 0 Å². The third-order valence-electron chi connectivity index (χ3n) is 1.33. The first kappa shape index (κ1) is 7.39. The van der Waals surface area contributed by atoms with E-state index in [2.05, 4.69) is 0 Å². The van der Waals surface area contributed by atoms with E-state index in [-0.39, 0.29) is 0 Å². The van der Waals surface area contributed by atoms with Crippen molar-refractivity contribution in [2.45, 2.75) is 13.8 Å². The van der Waals surface area contributed by atoms with Gasteiger partial charge in [-0.2, -0.15) is 0 Å². The van der Waals surface area contributed by atoms with Crippen molar-refractivity contribution in [3.8, 4) is 0 Å². The average molecular weight is 181 g/mol. The topological polar surface area (TPSA) is 0 Å². The minimum Gasteiger partial charge on any atom is -0.111 e. The second-order valence-electron chi connectivity index (χ2n) is 1.90. The number of thiophene rings is 1. The molecule has 1 heterocycles. The largest absolute Gasteiger partial charge is 0.111 e. The third-order valence-corrected chi connectivity index (χ3v) is 3.33. The molecule has 3 heteroatoms. The molecular weight excluding hydrogens is 175 g/mol. The van der Waals surface area contributed by atoms with E-state index in [9.17, 15) is 0 Å². The molecule has 0 N–H and O–H groups in total. The molecule has 50 valence electrons. The summed E-state index contributed by atoms with van der Waals surface area (Å²) < 4.78 is 1.61. The Morgan fingerprint density at radius 3 is 1.44 bits per heavy atom. The summed E-state index contributed by atoms with van der Waals surface area (Å²) in [6, 6.07) is 0. The zero-order valence-electron chi connectivity index (χ0n) is 5.16. The van der Waals surface area contributed by atoms with Gasteiger partial charge in [-0.15, -0.1) is 11.3 Å². The van der Waals surface area contributed by atoms with Crippen molar-refractivity contribution >= 4 is 34.5 Å². The smallest absolute Gasteiger partial charge is 0.0976 e. The molecule has 0 aliphatic carbocycles. The molecule has 0 nitrogen and oxygen atoms in total. The molecule has 0 aromatic carbocycles. The Labute approximate surface area is 68.4 Å². The van der Waals surface area contributed by atoms with E-state index in [0.29, 0.717) is 0 Å². The third kappa shape index (κ3) is 1.23. The molecule has 0 fully saturated rings. The lowest BCUT2D eigenvalue weighted by Gasteiger charge is -1.86. The Morgan fingerprint density at radius 2 is 1.33 bits per heavy atom. The SMILES string of the molecule is Cc1c(Cl)sc(Cl)c1C. The van der Waals surface area contributed by atoms with Crippen molar-refractivity contribution in [2.24, 2.45) is 0 Å². The van der Waals surface area contributed by atoms with Crippen LogP contribution in [0.25, 0.3) is 0 Å². The summed E-state index contributed by atoms with van der Waals surface area (Å²) in [5.41, 5.74) is 2.21. The zero-order valence-corrected chi connectivity index (χ0v) is 7.49. The molecule has 0 saturated heterocycles. The molecule has 1 rings (SSSR count). The first-order valence-electron chi connectivity index (χ1n) is 2.54. The van der Waals surface area contributed by atoms with Crippen LogP contribution in [-0.4, -0.2) is 0 Å². The molecule has 0 bridgehead atoms. The predicted octanol–water partition coefficient (Wildman–Crippen LogP) is 3.67. The number of rotatable bonds is 0. The molecule has 0 spiro atoms. The highest BCUT2D eigenvalue weighted by Crippen LogP contribution is 2.34. The summed E-state index contributed by atoms with van der Waals surface area (Å²) >= 11 is 13.0. The fourth-order valence-electron chi connectivity index (χ4n) is 0.527. The fourth-order valence-corrected chi connectivity index (χ4v) is 2.16. The monoisotopic (exact) mass is 180 g/mol. The van der Waals surface area contributed by atoms with E-state index >= 15 is 0 Å². The Morgan fingerprint density at radius 1 is 1.00 bits per heavy atom. The minimum absolute atomic E-state index is 0.803. The molecular formula is C6H6Cl2S. The first-order chi connectivity index (χ1) is 4.13. The van der Waals surface area contributed by atoms with Gasteiger partial charge in [0.05, 0.1) is 8.67 Å². The highest BCUT2D eigenvalue weighted by Gasteiger charge is 2.05. The van der Waals surface area contributed by atoms with E-state index in [1.165, 1.54) is 11.3 Å². The van der Waals surface area contributed by atoms with Crippen LogP contribution in [0.4, 0.5) is 0 Å². The summed E-state index contributed by atoms with van der Waals surface area (Å²) in [4.78, 5) is 0. The van der Waals surface area contributed by atoms with Crippen LogP contribution in [0.2, 0.25) is 8.67 Å². The summed E-state index contributed by atoms with van der Waals surface area (Å²) in [6.45, 7) is 3.94. The van der Waals surface area contributed by atoms with Crippen LogP contribution in [0.15, 0.2) is 0 Å². The summed E-state index contributed by atoms with van der Waals surface area (Å²) in [5.74, 6) is 0. The van der Waals surface area contributed by atoms with Crippen molar-refractivity contribution in [2.75, 3.05) is 0 Å². The van der Waals surface area contributed by atoms with E-state index in [1.54, 1.807) is 0 Å². The van der Waals surface area contributed by atoms with Crippen LogP contribution in [0, 0.1) is 13.8 Å². The Kier molecular flexibility index (Phi) is 2.04. The Hall–Kier alpha value is 0.280. The van der Waals surface area contributed by atoms with Gasteiger partial charge in [-0.1, -0.05) is 23.2 Å². The molecule has 0 unspecified atom stereocenters. The molecule has 0 saturated carbocycles. The summed E-state index contributed by atoms with van der Waals surface area (Å²) in [5, 5.41) is 0. The van der Waals surface area contributed by atoms with Gasteiger partial charge < -0.3 is 0 Å². The number of halogens is 2. The number of hydrogen-bond acceptors (Lipinski definition) is 1. The van der Waals surface area contributed by atoms with Gasteiger partial charge in [0.15, 0.2) is 0 Å². The zero-order chi connectivity index (χ0) is 7.02. The van der Waals surface area contributed by atoms with Crippen LogP contribution < -0.4 is 0 Å². The van der Waals surface area contributed by atoms with Gasteiger partial charge in [0, 0.05) is 0 Å². The highest BCUT2D eigenvalue weighted by atomic mass is 35.5. The van der Waals surface area contributed by atoms with Gasteiger partial charge in [0.1, 0.15) is 0 Å². The van der Waals surface area contributed by atoms with Crippen LogP contribution in [0.1, 0.15) is 11.1 Å². The lowest BCUT2D eigenvalue weighted by molar-refractivity contribution is 1.41. The van der Waals surface area contributed by atoms with Gasteiger partial charge in [0.2, 0.25) is 0 Å². The minimum atomic E-state index is 0.803. The van der Waals surface area contributed by atoms with Gasteiger partial charge in [-0.3, -0.25) is 0 Å². The second kappa shape index (κ2) is 2.49. The maximum absolute atomic E-state index is 5.77. The number of hydrogen-bond donors (Lipinski definition) is 0. The lowest BCUT2D eigenvalue weighted by atomic mass is 10.2. The average Bonchev–Trinajstić information content (AvgIpc) is 1.98. The van der Waals surface area contributed by atoms with Crippen molar-refractivity contribution < 1.29 is 0 Å². The van der Waals surface area contributed by atoms with E-state index in [1.807, 2.05) is 13.8 Å². The van der Waals surface area contributed by atoms with Crippen molar-refractivity contribution in [1.29, 1.82) is 0 Å². The quantitative estimate of drug-likeness (QED) is 0.572. The van der Waals surface area contributed by atoms with Crippen molar-refractivity contribution in [3.05, 3.63) is 19.8 Å². The maximum Gasteiger partial charge on any atom is 0.0976 e. The highest BCUT2D eigenvalue weighted by molar-refractivity contribution is 7.20. The molecule has 1 aromatic rings. The molecule has 0 atom stereocenters. The summed E-state index contributed by atoms with van der Waals surface area (Å²) in [6.07, 6.45) is 0. The molecule has 0 radical (unpaired) electrons. The second-order valence-corrected chi connectivity index (χ2v) is 4.12. The van der Waals surface area contributed by atoms with Crippen molar-refractivity contribution in [3.63, 3.8) is 0 Å². The first-order valence-corrected chi connectivity index (χ1v) is 4.11. The van der Waals surface area contributed by atoms with Gasteiger partial charge in [0.25, 0.3) is 0 Å². The molecule has 1 aromatic heterocycles. The standard InChI is InChI=1S/C6H6Cl2S/c1-3-4(2)6(8)9-5(3)7/h1-2H3. The van der Waals surface area contributed by atoms with Crippen LogP contribution in [0.5, 0.6) is 0 Å². The van der Waals surface area contributed by atoms with E-state index in [4.69, 9.17) is 23.2 Å². The molecule has 0 aliphatic rings. The molecule has 9 heavy (non-hydrogen) atoms. The Bertz CT molecular complexity index is 205. The fraction of sp³-hybridized carbons (Fsp3) is 0.333. The van der Waals surface area contributed by atoms with Crippen LogP contribution in [-0.2, 0) is 0 Å². The van der Waals surface area contributed by atoms with Crippen molar-refractivity contribution in [1.82, 2.24) is 0 Å². The van der Waals surface area contributed by atoms with E-state index < -0.39 is 0 Å². The predicted molar refractivity (Wildman–Crippen MR) is 43.8 cm³/mol. The van der Waals surface area contributed by atoms with Crippen LogP contribution in [0.3, 0.4) is 0 Å². The lowest BCUT2D eigenvalue weighted by Crippen LogP contribution is -1.69. The van der Waals surface area contributed by atoms with Gasteiger partial charge in [-0.25, -0.2) is 0 Å². The van der Waals surface area contributed by atoms with E-state index in [0.717, 1.165) is 19.8 Å². The summed E-state index contributed by atoms with van der Waals surface area (Å²) in [7, 11) is 0.